The number of carbonyl (C=O) groups excluding carboxylic acids is 1. The molecule has 1 aromatic heterocycles. The molecule has 4 heteroatoms. The molecule has 2 N–H and O–H groups in total. The molecule has 2 aromatic rings. The van der Waals surface area contributed by atoms with Gasteiger partial charge in [0.1, 0.15) is 0 Å². The van der Waals surface area contributed by atoms with Crippen molar-refractivity contribution in [3.63, 3.8) is 0 Å². The minimum atomic E-state index is -0.312. The van der Waals surface area contributed by atoms with Crippen LogP contribution in [0.3, 0.4) is 0 Å². The molecule has 0 saturated carbocycles. The van der Waals surface area contributed by atoms with Gasteiger partial charge in [-0.05, 0) is 48.6 Å². The van der Waals surface area contributed by atoms with Crippen molar-refractivity contribution in [2.24, 2.45) is 5.73 Å². The zero-order valence-electron chi connectivity index (χ0n) is 13.5. The van der Waals surface area contributed by atoms with Gasteiger partial charge < -0.3 is 10.5 Å². The number of ether oxygens (including phenoxy) is 1. The lowest BCUT2D eigenvalue weighted by Crippen LogP contribution is -2.13. The third-order valence-corrected chi connectivity index (χ3v) is 3.60. The molecule has 0 amide bonds. The lowest BCUT2D eigenvalue weighted by Gasteiger charge is -2.12. The van der Waals surface area contributed by atoms with Crippen LogP contribution in [0.4, 0.5) is 0 Å². The zero-order chi connectivity index (χ0) is 16.7. The minimum Gasteiger partial charge on any atom is -0.463 e. The smallest absolute Gasteiger partial charge is 0.331 e. The second-order valence-electron chi connectivity index (χ2n) is 5.37. The highest BCUT2D eigenvalue weighted by Gasteiger charge is 2.07. The van der Waals surface area contributed by atoms with Gasteiger partial charge in [-0.15, -0.1) is 0 Å². The molecule has 120 valence electrons. The number of hydrogen-bond donors (Lipinski definition) is 1. The molecule has 0 aliphatic rings. The second kappa shape index (κ2) is 8.25. The van der Waals surface area contributed by atoms with E-state index in [0.717, 1.165) is 28.7 Å². The summed E-state index contributed by atoms with van der Waals surface area (Å²) in [5, 5.41) is 0. The van der Waals surface area contributed by atoms with Gasteiger partial charge in [-0.3, -0.25) is 4.98 Å². The molecule has 1 aromatic carbocycles. The van der Waals surface area contributed by atoms with Crippen molar-refractivity contribution in [2.75, 3.05) is 6.61 Å². The lowest BCUT2D eigenvalue weighted by molar-refractivity contribution is -0.137. The van der Waals surface area contributed by atoms with Gasteiger partial charge >= 0.3 is 5.97 Å². The van der Waals surface area contributed by atoms with Gasteiger partial charge in [0.15, 0.2) is 0 Å². The summed E-state index contributed by atoms with van der Waals surface area (Å²) >= 11 is 0. The van der Waals surface area contributed by atoms with E-state index in [-0.39, 0.29) is 12.0 Å². The fraction of sp³-hybridized carbons (Fsp3) is 0.263. The van der Waals surface area contributed by atoms with Crippen LogP contribution in [0, 0.1) is 0 Å². The first-order chi connectivity index (χ1) is 11.1. The van der Waals surface area contributed by atoms with Crippen molar-refractivity contribution in [1.82, 2.24) is 4.98 Å². The highest BCUT2D eigenvalue weighted by molar-refractivity contribution is 5.90. The van der Waals surface area contributed by atoms with Crippen molar-refractivity contribution in [2.45, 2.75) is 26.3 Å². The molecule has 0 aliphatic heterocycles. The van der Waals surface area contributed by atoms with Gasteiger partial charge in [-0.25, -0.2) is 4.79 Å². The fourth-order valence-corrected chi connectivity index (χ4v) is 2.31. The van der Waals surface area contributed by atoms with Crippen molar-refractivity contribution < 1.29 is 9.53 Å². The van der Waals surface area contributed by atoms with Crippen LogP contribution < -0.4 is 5.73 Å². The van der Waals surface area contributed by atoms with Crippen molar-refractivity contribution in [1.29, 1.82) is 0 Å². The molecule has 0 radical (unpaired) electrons. The molecule has 2 rings (SSSR count). The Kier molecular flexibility index (Phi) is 6.06. The Morgan fingerprint density at radius 2 is 2.04 bits per heavy atom. The van der Waals surface area contributed by atoms with Gasteiger partial charge in [0.05, 0.1) is 6.61 Å². The van der Waals surface area contributed by atoms with Crippen LogP contribution in [-0.4, -0.2) is 17.6 Å². The number of allylic oxidation sites excluding steroid dienone is 1. The van der Waals surface area contributed by atoms with E-state index >= 15 is 0 Å². The molecule has 4 nitrogen and oxygen atoms in total. The molecule has 0 spiro atoms. The standard InChI is InChI=1S/C19H22N2O2/c1-3-23-19(22)11-14(2)16-8-6-15(7-9-16)12-18(20)17-5-4-10-21-13-17/h4-11,13,18H,3,12,20H2,1-2H3. The van der Waals surface area contributed by atoms with E-state index in [2.05, 4.69) is 4.98 Å². The maximum atomic E-state index is 11.5. The highest BCUT2D eigenvalue weighted by Crippen LogP contribution is 2.18. The minimum absolute atomic E-state index is 0.0780. The van der Waals surface area contributed by atoms with Gasteiger partial charge in [0.2, 0.25) is 0 Å². The Labute approximate surface area is 137 Å². The number of carbonyl (C=O) groups is 1. The number of nitrogens with zero attached hydrogens (tertiary/aromatic N) is 1. The van der Waals surface area contributed by atoms with E-state index in [1.54, 1.807) is 19.3 Å². The van der Waals surface area contributed by atoms with Gasteiger partial charge in [-0.1, -0.05) is 30.3 Å². The molecular formula is C19H22N2O2. The number of aromatic nitrogens is 1. The number of benzene rings is 1. The maximum absolute atomic E-state index is 11.5. The molecule has 1 atom stereocenters. The Bertz CT molecular complexity index is 664. The molecule has 1 unspecified atom stereocenters. The van der Waals surface area contributed by atoms with E-state index in [0.29, 0.717) is 6.61 Å². The van der Waals surface area contributed by atoms with Crippen LogP contribution in [0.1, 0.15) is 36.6 Å². The molecule has 0 aliphatic carbocycles. The summed E-state index contributed by atoms with van der Waals surface area (Å²) < 4.78 is 4.92. The predicted octanol–water partition coefficient (Wildman–Crippen LogP) is 3.29. The largest absolute Gasteiger partial charge is 0.463 e. The van der Waals surface area contributed by atoms with E-state index < -0.39 is 0 Å². The van der Waals surface area contributed by atoms with Crippen molar-refractivity contribution in [3.05, 3.63) is 71.6 Å². The first kappa shape index (κ1) is 16.9. The molecule has 0 fully saturated rings. The summed E-state index contributed by atoms with van der Waals surface area (Å²) in [6, 6.07) is 11.9. The Morgan fingerprint density at radius 1 is 1.30 bits per heavy atom. The molecule has 23 heavy (non-hydrogen) atoms. The van der Waals surface area contributed by atoms with Crippen LogP contribution in [0.5, 0.6) is 0 Å². The van der Waals surface area contributed by atoms with Crippen molar-refractivity contribution in [3.8, 4) is 0 Å². The third kappa shape index (κ3) is 5.04. The summed E-state index contributed by atoms with van der Waals surface area (Å²) in [6.07, 6.45) is 5.79. The van der Waals surface area contributed by atoms with Gasteiger partial charge in [-0.2, -0.15) is 0 Å². The van der Waals surface area contributed by atoms with E-state index in [1.165, 1.54) is 6.08 Å². The van der Waals surface area contributed by atoms with Crippen LogP contribution in [-0.2, 0) is 16.0 Å². The van der Waals surface area contributed by atoms with Crippen LogP contribution in [0.25, 0.3) is 5.57 Å². The third-order valence-electron chi connectivity index (χ3n) is 3.60. The molecule has 0 saturated heterocycles. The van der Waals surface area contributed by atoms with Crippen LogP contribution in [0.2, 0.25) is 0 Å². The SMILES string of the molecule is CCOC(=O)C=C(C)c1ccc(CC(N)c2cccnc2)cc1. The van der Waals surface area contributed by atoms with E-state index in [9.17, 15) is 4.79 Å². The van der Waals surface area contributed by atoms with E-state index in [1.807, 2.05) is 43.3 Å². The first-order valence-corrected chi connectivity index (χ1v) is 7.70. The number of esters is 1. The summed E-state index contributed by atoms with van der Waals surface area (Å²) in [5.41, 5.74) is 10.3. The van der Waals surface area contributed by atoms with Gasteiger partial charge in [0, 0.05) is 24.5 Å². The lowest BCUT2D eigenvalue weighted by atomic mass is 9.98. The molecule has 1 heterocycles. The molecule has 0 bridgehead atoms. The van der Waals surface area contributed by atoms with Crippen LogP contribution >= 0.6 is 0 Å². The summed E-state index contributed by atoms with van der Waals surface area (Å²) in [5.74, 6) is -0.312. The summed E-state index contributed by atoms with van der Waals surface area (Å²) in [4.78, 5) is 15.6. The Balaban J connectivity index is 2.03. The maximum Gasteiger partial charge on any atom is 0.331 e. The predicted molar refractivity (Wildman–Crippen MR) is 91.6 cm³/mol. The Morgan fingerprint density at radius 3 is 2.65 bits per heavy atom. The summed E-state index contributed by atoms with van der Waals surface area (Å²) in [6.45, 7) is 4.07. The average molecular weight is 310 g/mol. The number of rotatable bonds is 6. The topological polar surface area (TPSA) is 65.2 Å². The van der Waals surface area contributed by atoms with Crippen molar-refractivity contribution >= 4 is 11.5 Å². The molecular weight excluding hydrogens is 288 g/mol. The fourth-order valence-electron chi connectivity index (χ4n) is 2.31. The van der Waals surface area contributed by atoms with E-state index in [4.69, 9.17) is 10.5 Å². The highest BCUT2D eigenvalue weighted by atomic mass is 16.5. The first-order valence-electron chi connectivity index (χ1n) is 7.70. The quantitative estimate of drug-likeness (QED) is 0.657. The zero-order valence-corrected chi connectivity index (χ0v) is 13.5. The normalized spacial score (nSPS) is 12.7. The number of nitrogens with two attached hydrogens (primary N) is 1. The van der Waals surface area contributed by atoms with Gasteiger partial charge in [0.25, 0.3) is 0 Å². The van der Waals surface area contributed by atoms with Crippen LogP contribution in [0.15, 0.2) is 54.9 Å². The second-order valence-corrected chi connectivity index (χ2v) is 5.37. The number of hydrogen-bond acceptors (Lipinski definition) is 4. The number of pyridine rings is 1. The Hall–Kier alpha value is -2.46. The summed E-state index contributed by atoms with van der Waals surface area (Å²) in [7, 11) is 0. The monoisotopic (exact) mass is 310 g/mol. The average Bonchev–Trinajstić information content (AvgIpc) is 2.56.